The molecule has 0 radical (unpaired) electrons. The highest BCUT2D eigenvalue weighted by Crippen LogP contribution is 2.16. The molecule has 0 saturated carbocycles. The lowest BCUT2D eigenvalue weighted by Gasteiger charge is -2.25. The van der Waals surface area contributed by atoms with Gasteiger partial charge in [0.05, 0.1) is 12.7 Å². The second-order valence-corrected chi connectivity index (χ2v) is 5.74. The third-order valence-electron chi connectivity index (χ3n) is 3.87. The maximum Gasteiger partial charge on any atom is 0.123 e. The van der Waals surface area contributed by atoms with E-state index in [1.165, 1.54) is 31.4 Å². The molecule has 0 N–H and O–H groups in total. The van der Waals surface area contributed by atoms with Gasteiger partial charge in [0, 0.05) is 19.7 Å². The van der Waals surface area contributed by atoms with Gasteiger partial charge in [0.1, 0.15) is 11.6 Å². The van der Waals surface area contributed by atoms with Crippen LogP contribution in [0.3, 0.4) is 0 Å². The highest BCUT2D eigenvalue weighted by molar-refractivity contribution is 5.21. The molecule has 118 valence electrons. The Morgan fingerprint density at radius 1 is 1.24 bits per heavy atom. The minimum absolute atomic E-state index is 0.230. The Morgan fingerprint density at radius 2 is 2.05 bits per heavy atom. The molecule has 0 bridgehead atoms. The van der Waals surface area contributed by atoms with E-state index in [2.05, 4.69) is 11.9 Å². The summed E-state index contributed by atoms with van der Waals surface area (Å²) >= 11 is 0. The van der Waals surface area contributed by atoms with Crippen LogP contribution in [0.1, 0.15) is 32.1 Å². The lowest BCUT2D eigenvalue weighted by Crippen LogP contribution is -2.28. The Balaban J connectivity index is 1.52. The summed E-state index contributed by atoms with van der Waals surface area (Å²) < 4.78 is 24.1. The Labute approximate surface area is 127 Å². The van der Waals surface area contributed by atoms with Gasteiger partial charge in [-0.15, -0.1) is 0 Å². The van der Waals surface area contributed by atoms with Crippen LogP contribution in [0.5, 0.6) is 5.75 Å². The number of hydrogen-bond donors (Lipinski definition) is 0. The van der Waals surface area contributed by atoms with Crippen LogP contribution in [0.25, 0.3) is 0 Å². The first kappa shape index (κ1) is 16.2. The molecule has 21 heavy (non-hydrogen) atoms. The number of rotatable bonds is 8. The number of ether oxygens (including phenoxy) is 2. The summed E-state index contributed by atoms with van der Waals surface area (Å²) in [5.41, 5.74) is 0. The molecule has 0 aromatic heterocycles. The van der Waals surface area contributed by atoms with Crippen molar-refractivity contribution in [2.24, 2.45) is 0 Å². The van der Waals surface area contributed by atoms with Crippen molar-refractivity contribution in [3.63, 3.8) is 0 Å². The van der Waals surface area contributed by atoms with Gasteiger partial charge >= 0.3 is 0 Å². The molecule has 1 heterocycles. The average molecular weight is 295 g/mol. The molecule has 1 saturated heterocycles. The zero-order chi connectivity index (χ0) is 14.9. The summed E-state index contributed by atoms with van der Waals surface area (Å²) in [5.74, 6) is 0.502. The van der Waals surface area contributed by atoms with Gasteiger partial charge in [0.15, 0.2) is 0 Å². The monoisotopic (exact) mass is 295 g/mol. The van der Waals surface area contributed by atoms with Gasteiger partial charge in [-0.1, -0.05) is 0 Å². The van der Waals surface area contributed by atoms with Crippen molar-refractivity contribution in [1.82, 2.24) is 4.90 Å². The second-order valence-electron chi connectivity index (χ2n) is 5.74. The molecule has 1 aliphatic rings. The van der Waals surface area contributed by atoms with Gasteiger partial charge < -0.3 is 14.4 Å². The number of hydrogen-bond acceptors (Lipinski definition) is 3. The van der Waals surface area contributed by atoms with Crippen LogP contribution in [0.15, 0.2) is 24.3 Å². The maximum absolute atomic E-state index is 12.7. The number of halogens is 1. The minimum atomic E-state index is -0.230. The van der Waals surface area contributed by atoms with Crippen molar-refractivity contribution < 1.29 is 13.9 Å². The normalized spacial score (nSPS) is 18.9. The average Bonchev–Trinajstić information content (AvgIpc) is 2.52. The largest absolute Gasteiger partial charge is 0.494 e. The molecule has 2 rings (SSSR count). The SMILES string of the molecule is CN(CCCOc1ccc(F)cc1)CCC1CCCCO1. The lowest BCUT2D eigenvalue weighted by molar-refractivity contribution is 0.00661. The zero-order valence-corrected chi connectivity index (χ0v) is 12.9. The summed E-state index contributed by atoms with van der Waals surface area (Å²) in [6.07, 6.45) is 6.28. The first-order valence-corrected chi connectivity index (χ1v) is 7.92. The molecule has 1 atom stereocenters. The van der Waals surface area contributed by atoms with E-state index >= 15 is 0 Å². The van der Waals surface area contributed by atoms with Gasteiger partial charge in [-0.05, 0) is 63.4 Å². The van der Waals surface area contributed by atoms with Gasteiger partial charge in [-0.3, -0.25) is 0 Å². The van der Waals surface area contributed by atoms with Crippen LogP contribution >= 0.6 is 0 Å². The Hall–Kier alpha value is -1.13. The number of benzene rings is 1. The van der Waals surface area contributed by atoms with Crippen LogP contribution < -0.4 is 4.74 Å². The van der Waals surface area contributed by atoms with Crippen LogP contribution in [0.2, 0.25) is 0 Å². The smallest absolute Gasteiger partial charge is 0.123 e. The van der Waals surface area contributed by atoms with E-state index in [0.717, 1.165) is 38.3 Å². The van der Waals surface area contributed by atoms with Gasteiger partial charge in [-0.2, -0.15) is 0 Å². The molecule has 4 heteroatoms. The fourth-order valence-electron chi connectivity index (χ4n) is 2.57. The topological polar surface area (TPSA) is 21.7 Å². The van der Waals surface area contributed by atoms with E-state index in [1.807, 2.05) is 0 Å². The second kappa shape index (κ2) is 9.00. The van der Waals surface area contributed by atoms with Crippen molar-refractivity contribution in [3.05, 3.63) is 30.1 Å². The van der Waals surface area contributed by atoms with Crippen LogP contribution in [0.4, 0.5) is 4.39 Å². The maximum atomic E-state index is 12.7. The van der Waals surface area contributed by atoms with E-state index < -0.39 is 0 Å². The van der Waals surface area contributed by atoms with E-state index in [1.54, 1.807) is 12.1 Å². The Kier molecular flexibility index (Phi) is 6.96. The van der Waals surface area contributed by atoms with Crippen LogP contribution in [-0.4, -0.2) is 44.4 Å². The molecule has 0 aliphatic carbocycles. The fraction of sp³-hybridized carbons (Fsp3) is 0.647. The molecule has 1 aliphatic heterocycles. The molecule has 1 aromatic rings. The quantitative estimate of drug-likeness (QED) is 0.685. The first-order valence-electron chi connectivity index (χ1n) is 7.92. The molecule has 1 fully saturated rings. The van der Waals surface area contributed by atoms with E-state index in [9.17, 15) is 4.39 Å². The van der Waals surface area contributed by atoms with E-state index in [-0.39, 0.29) is 5.82 Å². The van der Waals surface area contributed by atoms with Gasteiger partial charge in [0.2, 0.25) is 0 Å². The van der Waals surface area contributed by atoms with E-state index in [0.29, 0.717) is 12.7 Å². The fourth-order valence-corrected chi connectivity index (χ4v) is 2.57. The predicted molar refractivity (Wildman–Crippen MR) is 82.2 cm³/mol. The van der Waals surface area contributed by atoms with Crippen molar-refractivity contribution >= 4 is 0 Å². The molecule has 0 amide bonds. The Morgan fingerprint density at radius 3 is 2.76 bits per heavy atom. The number of nitrogens with zero attached hydrogens (tertiary/aromatic N) is 1. The summed E-state index contributed by atoms with van der Waals surface area (Å²) in [4.78, 5) is 2.33. The van der Waals surface area contributed by atoms with Crippen molar-refractivity contribution in [1.29, 1.82) is 0 Å². The molecular formula is C17H26FNO2. The molecular weight excluding hydrogens is 269 g/mol. The highest BCUT2D eigenvalue weighted by atomic mass is 19.1. The van der Waals surface area contributed by atoms with Crippen LogP contribution in [0, 0.1) is 5.82 Å². The predicted octanol–water partition coefficient (Wildman–Crippen LogP) is 3.49. The standard InChI is InChI=1S/C17H26FNO2/c1-19(12-10-16-5-2-3-13-20-16)11-4-14-21-17-8-6-15(18)7-9-17/h6-9,16H,2-5,10-14H2,1H3. The van der Waals surface area contributed by atoms with Crippen molar-refractivity contribution in [2.45, 2.75) is 38.2 Å². The molecule has 0 spiro atoms. The van der Waals surface area contributed by atoms with Crippen molar-refractivity contribution in [3.8, 4) is 5.75 Å². The Bertz CT molecular complexity index is 390. The summed E-state index contributed by atoms with van der Waals surface area (Å²) in [6, 6.07) is 6.18. The highest BCUT2D eigenvalue weighted by Gasteiger charge is 2.14. The third kappa shape index (κ3) is 6.44. The minimum Gasteiger partial charge on any atom is -0.494 e. The molecule has 1 unspecified atom stereocenters. The first-order chi connectivity index (χ1) is 10.2. The third-order valence-corrected chi connectivity index (χ3v) is 3.87. The van der Waals surface area contributed by atoms with Crippen LogP contribution in [-0.2, 0) is 4.74 Å². The molecule has 3 nitrogen and oxygen atoms in total. The summed E-state index contributed by atoms with van der Waals surface area (Å²) in [5, 5.41) is 0. The van der Waals surface area contributed by atoms with Gasteiger partial charge in [-0.25, -0.2) is 4.39 Å². The van der Waals surface area contributed by atoms with E-state index in [4.69, 9.17) is 9.47 Å². The summed E-state index contributed by atoms with van der Waals surface area (Å²) in [6.45, 7) is 3.67. The van der Waals surface area contributed by atoms with Gasteiger partial charge in [0.25, 0.3) is 0 Å². The summed E-state index contributed by atoms with van der Waals surface area (Å²) in [7, 11) is 2.14. The van der Waals surface area contributed by atoms with Crippen molar-refractivity contribution in [2.75, 3.05) is 33.4 Å². The molecule has 1 aromatic carbocycles. The lowest BCUT2D eigenvalue weighted by atomic mass is 10.1. The zero-order valence-electron chi connectivity index (χ0n) is 12.9.